The first-order valence-corrected chi connectivity index (χ1v) is 12.4. The molecular formula is C20H34N4O3S. The van der Waals surface area contributed by atoms with Gasteiger partial charge in [0.2, 0.25) is 15.9 Å². The van der Waals surface area contributed by atoms with Crippen LogP contribution in [0.15, 0.2) is 12.4 Å². The van der Waals surface area contributed by atoms with Crippen LogP contribution in [-0.2, 0) is 21.4 Å². The first-order chi connectivity index (χ1) is 13.3. The molecule has 1 aliphatic carbocycles. The van der Waals surface area contributed by atoms with Gasteiger partial charge in [-0.3, -0.25) is 4.79 Å². The van der Waals surface area contributed by atoms with Crippen LogP contribution in [0.4, 0.5) is 0 Å². The fourth-order valence-electron chi connectivity index (χ4n) is 4.65. The molecule has 0 bridgehead atoms. The fraction of sp³-hybridized carbons (Fsp3) is 0.800. The smallest absolute Gasteiger partial charge is 0.222 e. The number of sulfonamides is 1. The zero-order valence-electron chi connectivity index (χ0n) is 17.2. The van der Waals surface area contributed by atoms with Gasteiger partial charge in [-0.25, -0.2) is 13.4 Å². The third kappa shape index (κ3) is 5.56. The van der Waals surface area contributed by atoms with E-state index in [2.05, 4.69) is 4.98 Å². The van der Waals surface area contributed by atoms with Gasteiger partial charge in [-0.2, -0.15) is 4.31 Å². The molecule has 2 aliphatic rings. The number of imidazole rings is 1. The van der Waals surface area contributed by atoms with E-state index in [0.717, 1.165) is 18.2 Å². The molecule has 0 unspecified atom stereocenters. The number of piperidine rings is 1. The third-order valence-electron chi connectivity index (χ3n) is 6.38. The molecule has 1 aromatic rings. The van der Waals surface area contributed by atoms with Crippen molar-refractivity contribution >= 4 is 15.9 Å². The minimum Gasteiger partial charge on any atom is -0.343 e. The maximum absolute atomic E-state index is 12.5. The third-order valence-corrected chi connectivity index (χ3v) is 7.71. The normalized spacial score (nSPS) is 19.6. The van der Waals surface area contributed by atoms with Crippen LogP contribution in [0.25, 0.3) is 0 Å². The zero-order chi connectivity index (χ0) is 20.1. The van der Waals surface area contributed by atoms with Gasteiger partial charge in [-0.1, -0.05) is 25.7 Å². The minimum absolute atomic E-state index is 0.0299. The molecule has 1 saturated heterocycles. The van der Waals surface area contributed by atoms with Crippen LogP contribution in [0.2, 0.25) is 0 Å². The van der Waals surface area contributed by atoms with E-state index in [1.54, 1.807) is 10.5 Å². The zero-order valence-corrected chi connectivity index (χ0v) is 18.0. The van der Waals surface area contributed by atoms with Gasteiger partial charge < -0.3 is 9.47 Å². The number of rotatable bonds is 8. The molecule has 1 aromatic heterocycles. The Morgan fingerprint density at radius 2 is 1.89 bits per heavy atom. The largest absolute Gasteiger partial charge is 0.343 e. The predicted octanol–water partition coefficient (Wildman–Crippen LogP) is 2.41. The summed E-state index contributed by atoms with van der Waals surface area (Å²) in [6, 6.07) is -0.0299. The highest BCUT2D eigenvalue weighted by Gasteiger charge is 2.31. The molecule has 3 rings (SSSR count). The second-order valence-electron chi connectivity index (χ2n) is 8.34. The average Bonchev–Trinajstić information content (AvgIpc) is 3.31. The van der Waals surface area contributed by atoms with E-state index in [0.29, 0.717) is 45.4 Å². The Morgan fingerprint density at radius 1 is 1.21 bits per heavy atom. The van der Waals surface area contributed by atoms with Crippen LogP contribution >= 0.6 is 0 Å². The lowest BCUT2D eigenvalue weighted by atomic mass is 10.00. The van der Waals surface area contributed by atoms with E-state index >= 15 is 0 Å². The second kappa shape index (κ2) is 9.39. The van der Waals surface area contributed by atoms with Crippen LogP contribution in [0, 0.1) is 12.8 Å². The highest BCUT2D eigenvalue weighted by atomic mass is 32.2. The molecule has 158 valence electrons. The van der Waals surface area contributed by atoms with Crippen molar-refractivity contribution in [2.45, 2.75) is 70.9 Å². The van der Waals surface area contributed by atoms with Crippen molar-refractivity contribution in [1.82, 2.24) is 18.8 Å². The van der Waals surface area contributed by atoms with Gasteiger partial charge in [0.05, 0.1) is 6.26 Å². The summed E-state index contributed by atoms with van der Waals surface area (Å²) in [5.74, 6) is 1.86. The average molecular weight is 411 g/mol. The molecule has 1 saturated carbocycles. The SMILES string of the molecule is Cc1nccn1CCN(C1CCN(C(=O)CCC2CCCC2)CC1)S(C)(=O)=O. The van der Waals surface area contributed by atoms with E-state index in [1.165, 1.54) is 31.9 Å². The molecule has 8 heteroatoms. The van der Waals surface area contributed by atoms with Gasteiger partial charge in [-0.05, 0) is 32.1 Å². The van der Waals surface area contributed by atoms with E-state index in [9.17, 15) is 13.2 Å². The van der Waals surface area contributed by atoms with Crippen LogP contribution in [0.5, 0.6) is 0 Å². The number of carbonyl (C=O) groups excluding carboxylic acids is 1. The molecule has 28 heavy (non-hydrogen) atoms. The van der Waals surface area contributed by atoms with Gasteiger partial charge in [0, 0.05) is 51.0 Å². The molecule has 7 nitrogen and oxygen atoms in total. The summed E-state index contributed by atoms with van der Waals surface area (Å²) in [6.45, 7) is 4.27. The van der Waals surface area contributed by atoms with Crippen molar-refractivity contribution in [2.75, 3.05) is 25.9 Å². The van der Waals surface area contributed by atoms with Gasteiger partial charge in [0.25, 0.3) is 0 Å². The first-order valence-electron chi connectivity index (χ1n) is 10.6. The van der Waals surface area contributed by atoms with Crippen molar-refractivity contribution in [3.8, 4) is 0 Å². The number of amides is 1. The van der Waals surface area contributed by atoms with Crippen LogP contribution < -0.4 is 0 Å². The second-order valence-corrected chi connectivity index (χ2v) is 10.3. The molecular weight excluding hydrogens is 376 g/mol. The number of aryl methyl sites for hydroxylation is 1. The molecule has 0 spiro atoms. The van der Waals surface area contributed by atoms with Gasteiger partial charge >= 0.3 is 0 Å². The summed E-state index contributed by atoms with van der Waals surface area (Å²) in [5.41, 5.74) is 0. The summed E-state index contributed by atoms with van der Waals surface area (Å²) in [5, 5.41) is 0. The molecule has 0 atom stereocenters. The summed E-state index contributed by atoms with van der Waals surface area (Å²) in [7, 11) is -3.29. The summed E-state index contributed by atoms with van der Waals surface area (Å²) in [6.07, 6.45) is 13.1. The Labute approximate surface area is 169 Å². The monoisotopic (exact) mass is 410 g/mol. The van der Waals surface area contributed by atoms with Gasteiger partial charge in [-0.15, -0.1) is 0 Å². The van der Waals surface area contributed by atoms with Crippen molar-refractivity contribution in [3.63, 3.8) is 0 Å². The fourth-order valence-corrected chi connectivity index (χ4v) is 5.82. The number of hydrogen-bond donors (Lipinski definition) is 0. The van der Waals surface area contributed by atoms with Crippen molar-refractivity contribution in [3.05, 3.63) is 18.2 Å². The lowest BCUT2D eigenvalue weighted by Crippen LogP contribution is -2.49. The van der Waals surface area contributed by atoms with Crippen LogP contribution in [-0.4, -0.2) is 65.0 Å². The number of aromatic nitrogens is 2. The maximum Gasteiger partial charge on any atom is 0.222 e. The maximum atomic E-state index is 12.5. The lowest BCUT2D eigenvalue weighted by Gasteiger charge is -2.37. The minimum atomic E-state index is -3.29. The standard InChI is InChI=1S/C20H34N4O3S/c1-17-21-11-14-22(17)15-16-24(28(2,26)27)19-9-12-23(13-10-19)20(25)8-7-18-5-3-4-6-18/h11,14,18-19H,3-10,12-13,15-16H2,1-2H3. The predicted molar refractivity (Wildman–Crippen MR) is 109 cm³/mol. The highest BCUT2D eigenvalue weighted by molar-refractivity contribution is 7.88. The van der Waals surface area contributed by atoms with Gasteiger partial charge in [0.15, 0.2) is 0 Å². The van der Waals surface area contributed by atoms with Gasteiger partial charge in [0.1, 0.15) is 5.82 Å². The Hall–Kier alpha value is -1.41. The number of nitrogens with zero attached hydrogens (tertiary/aromatic N) is 4. The molecule has 0 aromatic carbocycles. The molecule has 1 amide bonds. The van der Waals surface area contributed by atoms with E-state index in [-0.39, 0.29) is 11.9 Å². The Balaban J connectivity index is 1.50. The van der Waals surface area contributed by atoms with E-state index in [4.69, 9.17) is 0 Å². The molecule has 2 heterocycles. The number of hydrogen-bond acceptors (Lipinski definition) is 4. The Kier molecular flexibility index (Phi) is 7.15. The van der Waals surface area contributed by atoms with Crippen molar-refractivity contribution in [2.24, 2.45) is 5.92 Å². The summed E-state index contributed by atoms with van der Waals surface area (Å²) in [4.78, 5) is 18.7. The van der Waals surface area contributed by atoms with Crippen molar-refractivity contribution in [1.29, 1.82) is 0 Å². The molecule has 0 radical (unpaired) electrons. The molecule has 2 fully saturated rings. The summed E-state index contributed by atoms with van der Waals surface area (Å²) < 4.78 is 28.3. The Bertz CT molecular complexity index is 747. The van der Waals surface area contributed by atoms with E-state index < -0.39 is 10.0 Å². The number of carbonyl (C=O) groups is 1. The number of likely N-dealkylation sites (tertiary alicyclic amines) is 1. The topological polar surface area (TPSA) is 75.5 Å². The van der Waals surface area contributed by atoms with E-state index in [1.807, 2.05) is 22.6 Å². The van der Waals surface area contributed by atoms with Crippen LogP contribution in [0.1, 0.15) is 57.2 Å². The summed E-state index contributed by atoms with van der Waals surface area (Å²) >= 11 is 0. The lowest BCUT2D eigenvalue weighted by molar-refractivity contribution is -0.132. The molecule has 0 N–H and O–H groups in total. The van der Waals surface area contributed by atoms with Crippen LogP contribution in [0.3, 0.4) is 0 Å². The Morgan fingerprint density at radius 3 is 2.46 bits per heavy atom. The first kappa shape index (κ1) is 21.3. The molecule has 1 aliphatic heterocycles. The highest BCUT2D eigenvalue weighted by Crippen LogP contribution is 2.29. The van der Waals surface area contributed by atoms with Crippen molar-refractivity contribution < 1.29 is 13.2 Å². The quantitative estimate of drug-likeness (QED) is 0.660.